The van der Waals surface area contributed by atoms with Crippen LogP contribution in [0.15, 0.2) is 47.4 Å². The fourth-order valence-corrected chi connectivity index (χ4v) is 5.06. The van der Waals surface area contributed by atoms with Gasteiger partial charge in [-0.25, -0.2) is 8.42 Å². The smallest absolute Gasteiger partial charge is 0.280 e. The molecule has 0 atom stereocenters. The van der Waals surface area contributed by atoms with Gasteiger partial charge in [-0.15, -0.1) is 0 Å². The van der Waals surface area contributed by atoms with E-state index in [1.807, 2.05) is 0 Å². The molecule has 2 aliphatic rings. The molecule has 0 aromatic heterocycles. The third-order valence-electron chi connectivity index (χ3n) is 5.22. The summed E-state index contributed by atoms with van der Waals surface area (Å²) in [4.78, 5) is 23.4. The highest BCUT2D eigenvalue weighted by atomic mass is 32.2. The van der Waals surface area contributed by atoms with Crippen LogP contribution in [-0.4, -0.2) is 43.3 Å². The minimum Gasteiger partial charge on any atom is -0.454 e. The van der Waals surface area contributed by atoms with Crippen LogP contribution < -0.4 is 9.47 Å². The van der Waals surface area contributed by atoms with E-state index < -0.39 is 20.7 Å². The van der Waals surface area contributed by atoms with Crippen LogP contribution in [0.2, 0.25) is 0 Å². The van der Waals surface area contributed by atoms with Crippen molar-refractivity contribution in [2.75, 3.05) is 19.9 Å². The van der Waals surface area contributed by atoms with Gasteiger partial charge in [-0.05, 0) is 55.3 Å². The number of nitro groups is 1. The Bertz CT molecular complexity index is 1150. The van der Waals surface area contributed by atoms with Crippen LogP contribution in [0.1, 0.15) is 35.2 Å². The number of rotatable bonds is 6. The van der Waals surface area contributed by atoms with Gasteiger partial charge in [0.15, 0.2) is 17.3 Å². The lowest BCUT2D eigenvalue weighted by molar-refractivity contribution is -0.385. The Morgan fingerprint density at radius 2 is 1.68 bits per heavy atom. The van der Waals surface area contributed by atoms with E-state index in [1.54, 1.807) is 0 Å². The van der Waals surface area contributed by atoms with Crippen LogP contribution in [0.4, 0.5) is 5.69 Å². The normalized spacial score (nSPS) is 16.5. The topological polar surface area (TPSA) is 116 Å². The quantitative estimate of drug-likeness (QED) is 0.290. The van der Waals surface area contributed by atoms with Crippen molar-refractivity contribution in [1.29, 1.82) is 0 Å². The third kappa shape index (κ3) is 4.30. The minimum absolute atomic E-state index is 0.0225. The van der Waals surface area contributed by atoms with Crippen LogP contribution >= 0.6 is 0 Å². The molecule has 1 saturated heterocycles. The molecule has 0 spiro atoms. The van der Waals surface area contributed by atoms with Gasteiger partial charge in [0.2, 0.25) is 16.8 Å². The van der Waals surface area contributed by atoms with Gasteiger partial charge in [0.25, 0.3) is 5.69 Å². The molecule has 1 fully saturated rings. The van der Waals surface area contributed by atoms with Crippen molar-refractivity contribution >= 4 is 27.6 Å². The summed E-state index contributed by atoms with van der Waals surface area (Å²) in [6.45, 7) is 0.978. The molecule has 0 bridgehead atoms. The van der Waals surface area contributed by atoms with Crippen LogP contribution in [0, 0.1) is 10.1 Å². The van der Waals surface area contributed by atoms with E-state index in [1.165, 1.54) is 52.9 Å². The van der Waals surface area contributed by atoms with Crippen molar-refractivity contribution in [2.45, 2.75) is 24.2 Å². The molecule has 10 heteroatoms. The first-order valence-corrected chi connectivity index (χ1v) is 11.2. The summed E-state index contributed by atoms with van der Waals surface area (Å²) in [7, 11) is -3.58. The van der Waals surface area contributed by atoms with E-state index >= 15 is 0 Å². The van der Waals surface area contributed by atoms with E-state index in [-0.39, 0.29) is 34.3 Å². The molecule has 0 saturated carbocycles. The Balaban J connectivity index is 1.53. The highest BCUT2D eigenvalue weighted by Gasteiger charge is 2.26. The number of fused-ring (bicyclic) bond motifs is 1. The van der Waals surface area contributed by atoms with Crippen molar-refractivity contribution in [3.63, 3.8) is 0 Å². The molecular formula is C21H20N2O7S. The summed E-state index contributed by atoms with van der Waals surface area (Å²) < 4.78 is 37.3. The van der Waals surface area contributed by atoms with E-state index in [4.69, 9.17) is 9.47 Å². The zero-order valence-corrected chi connectivity index (χ0v) is 17.3. The second-order valence-corrected chi connectivity index (χ2v) is 9.15. The second-order valence-electron chi connectivity index (χ2n) is 7.21. The molecule has 9 nitrogen and oxygen atoms in total. The van der Waals surface area contributed by atoms with Crippen LogP contribution in [0.25, 0.3) is 6.08 Å². The number of hydrogen-bond donors (Lipinski definition) is 0. The van der Waals surface area contributed by atoms with Crippen LogP contribution in [0.5, 0.6) is 11.5 Å². The van der Waals surface area contributed by atoms with Gasteiger partial charge < -0.3 is 9.47 Å². The largest absolute Gasteiger partial charge is 0.454 e. The standard InChI is InChI=1S/C21H20N2O7S/c24-19(9-6-16-12-20-21(30-14-29-20)13-18(16)23(25)26)15-4-7-17(8-5-15)31(27,28)22-10-2-1-3-11-22/h4-9,12-13H,1-3,10-11,14H2. The molecule has 2 aromatic carbocycles. The van der Waals surface area contributed by atoms with Crippen molar-refractivity contribution in [1.82, 2.24) is 4.31 Å². The molecule has 4 rings (SSSR count). The van der Waals surface area contributed by atoms with Gasteiger partial charge in [-0.1, -0.05) is 6.42 Å². The molecule has 31 heavy (non-hydrogen) atoms. The SMILES string of the molecule is O=C(C=Cc1cc2c(cc1[N+](=O)[O-])OCO2)c1ccc(S(=O)(=O)N2CCCCC2)cc1. The van der Waals surface area contributed by atoms with Crippen LogP contribution in [-0.2, 0) is 10.0 Å². The fraction of sp³-hybridized carbons (Fsp3) is 0.286. The molecule has 0 unspecified atom stereocenters. The molecule has 0 N–H and O–H groups in total. The van der Waals surface area contributed by atoms with Gasteiger partial charge in [-0.3, -0.25) is 14.9 Å². The monoisotopic (exact) mass is 444 g/mol. The summed E-state index contributed by atoms with van der Waals surface area (Å²) in [5.74, 6) is 0.236. The number of hydrogen-bond acceptors (Lipinski definition) is 7. The predicted octanol–water partition coefficient (Wildman–Crippen LogP) is 3.39. The Morgan fingerprint density at radius 3 is 2.32 bits per heavy atom. The summed E-state index contributed by atoms with van der Waals surface area (Å²) >= 11 is 0. The molecule has 2 heterocycles. The third-order valence-corrected chi connectivity index (χ3v) is 7.14. The molecule has 0 radical (unpaired) electrons. The van der Waals surface area contributed by atoms with Crippen molar-refractivity contribution < 1.29 is 27.6 Å². The summed E-state index contributed by atoms with van der Waals surface area (Å²) in [6.07, 6.45) is 5.24. The highest BCUT2D eigenvalue weighted by Crippen LogP contribution is 2.38. The first-order valence-electron chi connectivity index (χ1n) is 9.77. The maximum atomic E-state index is 12.7. The average Bonchev–Trinajstić information content (AvgIpc) is 3.25. The van der Waals surface area contributed by atoms with Gasteiger partial charge in [-0.2, -0.15) is 4.31 Å². The maximum Gasteiger partial charge on any atom is 0.280 e. The van der Waals surface area contributed by atoms with Gasteiger partial charge in [0, 0.05) is 18.7 Å². The van der Waals surface area contributed by atoms with Gasteiger partial charge in [0.05, 0.1) is 21.4 Å². The molecule has 0 aliphatic carbocycles. The maximum absolute atomic E-state index is 12.7. The van der Waals surface area contributed by atoms with E-state index in [2.05, 4.69) is 0 Å². The first kappa shape index (κ1) is 21.0. The number of nitro benzene ring substituents is 1. The van der Waals surface area contributed by atoms with Crippen molar-refractivity contribution in [2.24, 2.45) is 0 Å². The van der Waals surface area contributed by atoms with Crippen LogP contribution in [0.3, 0.4) is 0 Å². The van der Waals surface area contributed by atoms with E-state index in [0.717, 1.165) is 19.3 Å². The number of nitrogens with zero attached hydrogens (tertiary/aromatic N) is 2. The number of ether oxygens (including phenoxy) is 2. The molecule has 0 amide bonds. The number of piperidine rings is 1. The van der Waals surface area contributed by atoms with Crippen molar-refractivity contribution in [3.05, 3.63) is 63.7 Å². The molecular weight excluding hydrogens is 424 g/mol. The summed E-state index contributed by atoms with van der Waals surface area (Å²) in [5.41, 5.74) is 0.264. The fourth-order valence-electron chi connectivity index (χ4n) is 3.55. The van der Waals surface area contributed by atoms with Gasteiger partial charge >= 0.3 is 0 Å². The Morgan fingerprint density at radius 1 is 1.03 bits per heavy atom. The zero-order valence-electron chi connectivity index (χ0n) is 16.5. The second kappa shape index (κ2) is 8.48. The lowest BCUT2D eigenvalue weighted by Crippen LogP contribution is -2.35. The zero-order chi connectivity index (χ0) is 22.0. The Labute approximate surface area is 179 Å². The average molecular weight is 444 g/mol. The highest BCUT2D eigenvalue weighted by molar-refractivity contribution is 7.89. The number of ketones is 1. The van der Waals surface area contributed by atoms with Gasteiger partial charge in [0.1, 0.15) is 0 Å². The number of carbonyl (C=O) groups is 1. The summed E-state index contributed by atoms with van der Waals surface area (Å²) in [5, 5.41) is 11.3. The Kier molecular flexibility index (Phi) is 5.75. The minimum atomic E-state index is -3.58. The van der Waals surface area contributed by atoms with Crippen molar-refractivity contribution in [3.8, 4) is 11.5 Å². The Hall–Kier alpha value is -3.24. The number of carbonyl (C=O) groups excluding carboxylic acids is 1. The van der Waals surface area contributed by atoms with E-state index in [9.17, 15) is 23.3 Å². The molecule has 2 aliphatic heterocycles. The van der Waals surface area contributed by atoms with E-state index in [0.29, 0.717) is 18.8 Å². The number of sulfonamides is 1. The first-order chi connectivity index (χ1) is 14.9. The molecule has 2 aromatic rings. The lowest BCUT2D eigenvalue weighted by atomic mass is 10.1. The summed E-state index contributed by atoms with van der Waals surface area (Å²) in [6, 6.07) is 8.41. The predicted molar refractivity (Wildman–Crippen MR) is 112 cm³/mol. The lowest BCUT2D eigenvalue weighted by Gasteiger charge is -2.25. The number of benzene rings is 2. The number of allylic oxidation sites excluding steroid dienone is 1. The molecule has 162 valence electrons.